The van der Waals surface area contributed by atoms with Gasteiger partial charge in [-0.3, -0.25) is 0 Å². The predicted octanol–water partition coefficient (Wildman–Crippen LogP) is 17.5. The second-order valence-corrected chi connectivity index (χ2v) is 26.3. The summed E-state index contributed by atoms with van der Waals surface area (Å²) >= 11 is 0. The van der Waals surface area contributed by atoms with Crippen LogP contribution in [0.5, 0.6) is 0 Å². The summed E-state index contributed by atoms with van der Waals surface area (Å²) in [5.41, 5.74) is 0. The van der Waals surface area contributed by atoms with Gasteiger partial charge in [0.1, 0.15) is 0 Å². The second kappa shape index (κ2) is 39.6. The third kappa shape index (κ3) is 41.2. The molecule has 47 heavy (non-hydrogen) atoms. The summed E-state index contributed by atoms with van der Waals surface area (Å²) in [7, 11) is -1.20. The summed E-state index contributed by atoms with van der Waals surface area (Å²) in [6, 6.07) is 0. The largest absolute Gasteiger partial charge is 0.0654 e. The Hall–Kier alpha value is 0.860. The van der Waals surface area contributed by atoms with Crippen LogP contribution in [0.1, 0.15) is 240 Å². The van der Waals surface area contributed by atoms with Crippen molar-refractivity contribution in [2.75, 3.05) is 50.8 Å². The van der Waals surface area contributed by atoms with Crippen LogP contribution in [-0.2, 0) is 0 Å². The van der Waals surface area contributed by atoms with Crippen molar-refractivity contribution in [3.05, 3.63) is 0 Å². The quantitative estimate of drug-likeness (QED) is 0.0447. The maximum Gasteiger partial charge on any atom is 0.0594 e. The van der Waals surface area contributed by atoms with Crippen LogP contribution >= 0.6 is 14.5 Å². The van der Waals surface area contributed by atoms with E-state index in [0.29, 0.717) is 0 Å². The molecule has 286 valence electrons. The predicted molar refractivity (Wildman–Crippen MR) is 232 cm³/mol. The Bertz CT molecular complexity index is 481. The molecule has 0 atom stereocenters. The van der Waals surface area contributed by atoms with Gasteiger partial charge in [0.25, 0.3) is 0 Å². The summed E-state index contributed by atoms with van der Waals surface area (Å²) in [5.74, 6) is 0. The van der Waals surface area contributed by atoms with Gasteiger partial charge in [-0.2, -0.15) is 0 Å². The van der Waals surface area contributed by atoms with Gasteiger partial charge in [0.05, 0.1) is 30.8 Å². The zero-order chi connectivity index (χ0) is 35.2. The molecule has 0 saturated heterocycles. The number of hydrogen-bond acceptors (Lipinski definition) is 0. The van der Waals surface area contributed by atoms with Crippen LogP contribution in [0.3, 0.4) is 0 Å². The van der Waals surface area contributed by atoms with Gasteiger partial charge in [-0.25, -0.2) is 0 Å². The van der Waals surface area contributed by atoms with E-state index in [1.165, 1.54) is 186 Å². The van der Waals surface area contributed by atoms with E-state index in [2.05, 4.69) is 54.6 Å². The molecule has 0 amide bonds. The van der Waals surface area contributed by atoms with Gasteiger partial charge >= 0.3 is 0 Å². The lowest BCUT2D eigenvalue weighted by atomic mass is 10.1. The van der Waals surface area contributed by atoms with E-state index >= 15 is 0 Å². The first-order valence-corrected chi connectivity index (χ1v) is 28.3. The minimum atomic E-state index is -0.718. The fourth-order valence-corrected chi connectivity index (χ4v) is 13.4. The molecule has 0 saturated carbocycles. The zero-order valence-electron chi connectivity index (χ0n) is 35.1. The van der Waals surface area contributed by atoms with Crippen LogP contribution in [0, 0.1) is 0 Å². The van der Waals surface area contributed by atoms with Gasteiger partial charge in [0.15, 0.2) is 0 Å². The highest BCUT2D eigenvalue weighted by Crippen LogP contribution is 2.61. The molecule has 0 nitrogen and oxygen atoms in total. The van der Waals surface area contributed by atoms with E-state index in [0.717, 1.165) is 0 Å². The molecule has 0 unspecified atom stereocenters. The van der Waals surface area contributed by atoms with Gasteiger partial charge in [-0.1, -0.05) is 176 Å². The van der Waals surface area contributed by atoms with Crippen molar-refractivity contribution in [3.63, 3.8) is 0 Å². The molecular weight excluding hydrogens is 602 g/mol. The average Bonchev–Trinajstić information content (AvgIpc) is 3.05. The molecule has 0 aromatic carbocycles. The molecule has 2 heteroatoms. The molecule has 0 spiro atoms. The van der Waals surface area contributed by atoms with Gasteiger partial charge in [0, 0.05) is 34.5 Å². The Morgan fingerprint density at radius 2 is 0.383 bits per heavy atom. The number of unbranched alkanes of at least 4 members (excludes halogenated alkanes) is 27. The SMILES string of the molecule is CCCCCCCCCC[P+](C)(C)C.CCCCCCCC[P+](CCCCCCCC)(CCCCCCCC)CCCCCCCC. The molecular formula is C45H98P2+2. The second-order valence-electron chi connectivity index (χ2n) is 16.8. The minimum absolute atomic E-state index is 0.482. The summed E-state index contributed by atoms with van der Waals surface area (Å²) < 4.78 is 0. The topological polar surface area (TPSA) is 0 Å². The monoisotopic (exact) mass is 701 g/mol. The van der Waals surface area contributed by atoms with E-state index in [-0.39, 0.29) is 0 Å². The van der Waals surface area contributed by atoms with Crippen LogP contribution in [0.4, 0.5) is 0 Å². The Balaban J connectivity index is 0. The van der Waals surface area contributed by atoms with E-state index < -0.39 is 14.5 Å². The van der Waals surface area contributed by atoms with Crippen LogP contribution < -0.4 is 0 Å². The Morgan fingerprint density at radius 1 is 0.213 bits per heavy atom. The molecule has 0 bridgehead atoms. The standard InChI is InChI=1S/C32H68P.C13H30P/c1-5-9-13-17-21-25-29-33(30-26-22-18-14-10-6-2,31-27-23-19-15-11-7-3)32-28-24-20-16-12-8-4;1-5-6-7-8-9-10-11-12-13-14(2,3)4/h5-32H2,1-4H3;5-13H2,1-4H3/q2*+1. The summed E-state index contributed by atoms with van der Waals surface area (Å²) in [6.07, 6.45) is 55.3. The highest BCUT2D eigenvalue weighted by Gasteiger charge is 2.35. The fourth-order valence-electron chi connectivity index (χ4n) is 7.30. The molecule has 0 N–H and O–H groups in total. The zero-order valence-corrected chi connectivity index (χ0v) is 36.8. The van der Waals surface area contributed by atoms with Crippen molar-refractivity contribution in [2.24, 2.45) is 0 Å². The first-order chi connectivity index (χ1) is 22.8. The van der Waals surface area contributed by atoms with Gasteiger partial charge < -0.3 is 0 Å². The third-order valence-corrected chi connectivity index (χ3v) is 17.3. The molecule has 0 fully saturated rings. The van der Waals surface area contributed by atoms with Crippen LogP contribution in [0.15, 0.2) is 0 Å². The van der Waals surface area contributed by atoms with E-state index in [1.54, 1.807) is 50.3 Å². The van der Waals surface area contributed by atoms with Crippen molar-refractivity contribution in [1.29, 1.82) is 0 Å². The molecule has 0 aliphatic carbocycles. The van der Waals surface area contributed by atoms with Crippen molar-refractivity contribution in [1.82, 2.24) is 0 Å². The maximum absolute atomic E-state index is 2.45. The van der Waals surface area contributed by atoms with E-state index in [9.17, 15) is 0 Å². The molecule has 0 aliphatic rings. The van der Waals surface area contributed by atoms with Crippen LogP contribution in [-0.4, -0.2) is 50.8 Å². The van der Waals surface area contributed by atoms with Crippen LogP contribution in [0.25, 0.3) is 0 Å². The molecule has 0 radical (unpaired) electrons. The lowest BCUT2D eigenvalue weighted by Gasteiger charge is -2.28. The van der Waals surface area contributed by atoms with Gasteiger partial charge in [-0.15, -0.1) is 0 Å². The van der Waals surface area contributed by atoms with Crippen molar-refractivity contribution >= 4 is 14.5 Å². The molecule has 0 aliphatic heterocycles. The molecule has 0 heterocycles. The molecule has 0 rings (SSSR count). The molecule has 0 aromatic heterocycles. The Labute approximate surface area is 304 Å². The number of rotatable bonds is 37. The average molecular weight is 701 g/mol. The smallest absolute Gasteiger partial charge is 0.0594 e. The van der Waals surface area contributed by atoms with Crippen molar-refractivity contribution in [3.8, 4) is 0 Å². The summed E-state index contributed by atoms with van der Waals surface area (Å²) in [5, 5.41) is 0. The lowest BCUT2D eigenvalue weighted by Crippen LogP contribution is -2.13. The first-order valence-electron chi connectivity index (χ1n) is 22.5. The fraction of sp³-hybridized carbons (Fsp3) is 1.00. The Morgan fingerprint density at radius 3 is 0.574 bits per heavy atom. The normalized spacial score (nSPS) is 12.0. The van der Waals surface area contributed by atoms with E-state index in [4.69, 9.17) is 0 Å². The van der Waals surface area contributed by atoms with Gasteiger partial charge in [-0.05, 0) is 64.2 Å². The Kier molecular flexibility index (Phi) is 42.1. The van der Waals surface area contributed by atoms with Crippen molar-refractivity contribution in [2.45, 2.75) is 240 Å². The first kappa shape index (κ1) is 50.0. The summed E-state index contributed by atoms with van der Waals surface area (Å²) in [6.45, 7) is 19.0. The molecule has 0 aromatic rings. The maximum atomic E-state index is 2.45. The van der Waals surface area contributed by atoms with Gasteiger partial charge in [0.2, 0.25) is 0 Å². The number of hydrogen-bond donors (Lipinski definition) is 0. The highest BCUT2D eigenvalue weighted by atomic mass is 31.2. The van der Waals surface area contributed by atoms with Crippen molar-refractivity contribution < 1.29 is 0 Å². The highest BCUT2D eigenvalue weighted by molar-refractivity contribution is 7.75. The lowest BCUT2D eigenvalue weighted by molar-refractivity contribution is 0.586. The minimum Gasteiger partial charge on any atom is -0.0654 e. The summed E-state index contributed by atoms with van der Waals surface area (Å²) in [4.78, 5) is 0. The van der Waals surface area contributed by atoms with E-state index in [1.807, 2.05) is 0 Å². The van der Waals surface area contributed by atoms with Crippen LogP contribution in [0.2, 0.25) is 0 Å². The third-order valence-electron chi connectivity index (χ3n) is 10.6.